The predicted molar refractivity (Wildman–Crippen MR) is 63.9 cm³/mol. The lowest BCUT2D eigenvalue weighted by Gasteiger charge is -2.06. The molecule has 0 bridgehead atoms. The maximum absolute atomic E-state index is 10.3. The number of nitrogens with one attached hydrogen (secondary N) is 1. The minimum atomic E-state index is -0.790. The molecule has 1 aromatic heterocycles. The molecular weight excluding hydrogens is 220 g/mol. The van der Waals surface area contributed by atoms with Crippen molar-refractivity contribution in [1.82, 2.24) is 15.2 Å². The minimum Gasteiger partial charge on any atom is -0.481 e. The van der Waals surface area contributed by atoms with Gasteiger partial charge < -0.3 is 10.4 Å². The SMILES string of the molecule is CCc1nnc(NCCCC(=O)O)nc1CC. The van der Waals surface area contributed by atoms with Crippen molar-refractivity contribution in [3.63, 3.8) is 0 Å². The molecule has 1 aromatic rings. The Kier molecular flexibility index (Phi) is 5.32. The van der Waals surface area contributed by atoms with Crippen molar-refractivity contribution >= 4 is 11.9 Å². The number of aryl methyl sites for hydroxylation is 2. The van der Waals surface area contributed by atoms with Crippen LogP contribution in [0.4, 0.5) is 5.95 Å². The minimum absolute atomic E-state index is 0.147. The van der Waals surface area contributed by atoms with Crippen LogP contribution in [-0.4, -0.2) is 32.8 Å². The van der Waals surface area contributed by atoms with Crippen LogP contribution in [-0.2, 0) is 17.6 Å². The second-order valence-electron chi connectivity index (χ2n) is 3.66. The first kappa shape index (κ1) is 13.3. The van der Waals surface area contributed by atoms with Gasteiger partial charge in [0.25, 0.3) is 0 Å². The number of anilines is 1. The number of hydrogen-bond donors (Lipinski definition) is 2. The van der Waals surface area contributed by atoms with E-state index in [1.807, 2.05) is 13.8 Å². The quantitative estimate of drug-likeness (QED) is 0.695. The molecule has 0 radical (unpaired) electrons. The highest BCUT2D eigenvalue weighted by atomic mass is 16.4. The van der Waals surface area contributed by atoms with Gasteiger partial charge in [-0.1, -0.05) is 13.8 Å². The summed E-state index contributed by atoms with van der Waals surface area (Å²) in [4.78, 5) is 14.7. The Morgan fingerprint density at radius 1 is 1.24 bits per heavy atom. The molecule has 1 heterocycles. The average Bonchev–Trinajstić information content (AvgIpc) is 2.34. The maximum atomic E-state index is 10.3. The van der Waals surface area contributed by atoms with Crippen molar-refractivity contribution in [2.45, 2.75) is 39.5 Å². The van der Waals surface area contributed by atoms with Crippen LogP contribution in [0, 0.1) is 0 Å². The van der Waals surface area contributed by atoms with Crippen LogP contribution < -0.4 is 5.32 Å². The van der Waals surface area contributed by atoms with Gasteiger partial charge >= 0.3 is 5.97 Å². The van der Waals surface area contributed by atoms with E-state index in [9.17, 15) is 4.79 Å². The van der Waals surface area contributed by atoms with Gasteiger partial charge in [0, 0.05) is 13.0 Å². The molecule has 0 saturated heterocycles. The number of aromatic nitrogens is 3. The summed E-state index contributed by atoms with van der Waals surface area (Å²) in [7, 11) is 0. The highest BCUT2D eigenvalue weighted by molar-refractivity contribution is 5.66. The summed E-state index contributed by atoms with van der Waals surface area (Å²) in [6.07, 6.45) is 2.34. The fraction of sp³-hybridized carbons (Fsp3) is 0.636. The molecule has 0 atom stereocenters. The lowest BCUT2D eigenvalue weighted by molar-refractivity contribution is -0.137. The molecule has 17 heavy (non-hydrogen) atoms. The van der Waals surface area contributed by atoms with Crippen LogP contribution >= 0.6 is 0 Å². The van der Waals surface area contributed by atoms with Gasteiger partial charge in [0.2, 0.25) is 5.95 Å². The van der Waals surface area contributed by atoms with E-state index in [2.05, 4.69) is 20.5 Å². The summed E-state index contributed by atoms with van der Waals surface area (Å²) >= 11 is 0. The third kappa shape index (κ3) is 4.34. The first-order chi connectivity index (χ1) is 8.17. The third-order valence-corrected chi connectivity index (χ3v) is 2.36. The van der Waals surface area contributed by atoms with E-state index in [-0.39, 0.29) is 6.42 Å². The van der Waals surface area contributed by atoms with E-state index in [0.717, 1.165) is 24.2 Å². The topological polar surface area (TPSA) is 88.0 Å². The van der Waals surface area contributed by atoms with Crippen molar-refractivity contribution in [1.29, 1.82) is 0 Å². The number of carboxylic acids is 1. The lowest BCUT2D eigenvalue weighted by Crippen LogP contribution is -2.11. The predicted octanol–water partition coefficient (Wildman–Crippen LogP) is 1.27. The Morgan fingerprint density at radius 2 is 1.94 bits per heavy atom. The van der Waals surface area contributed by atoms with Crippen LogP contribution in [0.5, 0.6) is 0 Å². The fourth-order valence-corrected chi connectivity index (χ4v) is 1.45. The zero-order valence-corrected chi connectivity index (χ0v) is 10.2. The van der Waals surface area contributed by atoms with Crippen LogP contribution in [0.15, 0.2) is 0 Å². The van der Waals surface area contributed by atoms with E-state index in [0.29, 0.717) is 18.9 Å². The number of hydrogen-bond acceptors (Lipinski definition) is 5. The number of nitrogens with zero attached hydrogens (tertiary/aromatic N) is 3. The number of rotatable bonds is 7. The molecule has 1 rings (SSSR count). The molecule has 0 unspecified atom stereocenters. The Labute approximate surface area is 100 Å². The van der Waals surface area contributed by atoms with Gasteiger partial charge in [-0.2, -0.15) is 5.10 Å². The van der Waals surface area contributed by atoms with Crippen LogP contribution in [0.2, 0.25) is 0 Å². The summed E-state index contributed by atoms with van der Waals surface area (Å²) in [5.41, 5.74) is 1.87. The van der Waals surface area contributed by atoms with Crippen molar-refractivity contribution in [3.05, 3.63) is 11.4 Å². The largest absolute Gasteiger partial charge is 0.481 e. The molecule has 6 nitrogen and oxygen atoms in total. The van der Waals surface area contributed by atoms with Gasteiger partial charge in [0.15, 0.2) is 0 Å². The zero-order valence-electron chi connectivity index (χ0n) is 10.2. The fourth-order valence-electron chi connectivity index (χ4n) is 1.45. The van der Waals surface area contributed by atoms with Crippen molar-refractivity contribution in [3.8, 4) is 0 Å². The van der Waals surface area contributed by atoms with Gasteiger partial charge in [0.05, 0.1) is 11.4 Å². The normalized spacial score (nSPS) is 10.2. The van der Waals surface area contributed by atoms with E-state index >= 15 is 0 Å². The molecule has 0 fully saturated rings. The number of carboxylic acid groups (broad SMARTS) is 1. The molecule has 94 valence electrons. The highest BCUT2D eigenvalue weighted by Crippen LogP contribution is 2.06. The smallest absolute Gasteiger partial charge is 0.303 e. The first-order valence-corrected chi connectivity index (χ1v) is 5.85. The van der Waals surface area contributed by atoms with Crippen molar-refractivity contribution < 1.29 is 9.90 Å². The van der Waals surface area contributed by atoms with E-state index in [4.69, 9.17) is 5.11 Å². The van der Waals surface area contributed by atoms with Gasteiger partial charge in [-0.3, -0.25) is 4.79 Å². The molecule has 0 aromatic carbocycles. The third-order valence-electron chi connectivity index (χ3n) is 2.36. The molecule has 0 saturated carbocycles. The molecular formula is C11H18N4O2. The summed E-state index contributed by atoms with van der Waals surface area (Å²) in [6, 6.07) is 0. The van der Waals surface area contributed by atoms with Gasteiger partial charge in [-0.05, 0) is 19.3 Å². The monoisotopic (exact) mass is 238 g/mol. The summed E-state index contributed by atoms with van der Waals surface area (Å²) < 4.78 is 0. The first-order valence-electron chi connectivity index (χ1n) is 5.85. The molecule has 6 heteroatoms. The summed E-state index contributed by atoms with van der Waals surface area (Å²) in [6.45, 7) is 4.59. The van der Waals surface area contributed by atoms with E-state index < -0.39 is 5.97 Å². The molecule has 0 aliphatic carbocycles. The second-order valence-corrected chi connectivity index (χ2v) is 3.66. The summed E-state index contributed by atoms with van der Waals surface area (Å²) in [5.74, 6) is -0.314. The molecule has 0 spiro atoms. The number of carbonyl (C=O) groups is 1. The highest BCUT2D eigenvalue weighted by Gasteiger charge is 2.05. The van der Waals surface area contributed by atoms with Crippen molar-refractivity contribution in [2.75, 3.05) is 11.9 Å². The Morgan fingerprint density at radius 3 is 2.53 bits per heavy atom. The molecule has 0 aliphatic rings. The standard InChI is InChI=1S/C11H18N4O2/c1-3-8-9(4-2)14-15-11(13-8)12-7-5-6-10(16)17/h3-7H2,1-2H3,(H,16,17)(H,12,13,15). The van der Waals surface area contributed by atoms with Crippen LogP contribution in [0.1, 0.15) is 38.1 Å². The molecule has 0 aliphatic heterocycles. The van der Waals surface area contributed by atoms with Crippen molar-refractivity contribution in [2.24, 2.45) is 0 Å². The zero-order chi connectivity index (χ0) is 12.7. The Bertz CT molecular complexity index is 382. The van der Waals surface area contributed by atoms with Gasteiger partial charge in [0.1, 0.15) is 0 Å². The lowest BCUT2D eigenvalue weighted by atomic mass is 10.2. The van der Waals surface area contributed by atoms with Gasteiger partial charge in [-0.25, -0.2) is 4.98 Å². The van der Waals surface area contributed by atoms with Gasteiger partial charge in [-0.15, -0.1) is 5.10 Å². The maximum Gasteiger partial charge on any atom is 0.303 e. The average molecular weight is 238 g/mol. The Balaban J connectivity index is 2.51. The van der Waals surface area contributed by atoms with E-state index in [1.165, 1.54) is 0 Å². The number of aliphatic carboxylic acids is 1. The van der Waals surface area contributed by atoms with E-state index in [1.54, 1.807) is 0 Å². The Hall–Kier alpha value is -1.72. The summed E-state index contributed by atoms with van der Waals surface area (Å²) in [5, 5.41) is 19.5. The second kappa shape index (κ2) is 6.78. The van der Waals surface area contributed by atoms with Crippen LogP contribution in [0.3, 0.4) is 0 Å². The van der Waals surface area contributed by atoms with Crippen LogP contribution in [0.25, 0.3) is 0 Å². The molecule has 2 N–H and O–H groups in total. The molecule has 0 amide bonds.